The minimum absolute atomic E-state index is 0.701. The zero-order valence-electron chi connectivity index (χ0n) is 4.79. The molecule has 0 aliphatic heterocycles. The molecule has 0 atom stereocenters. The van der Waals surface area contributed by atoms with E-state index in [0.29, 0.717) is 6.04 Å². The molecule has 0 saturated carbocycles. The highest BCUT2D eigenvalue weighted by Gasteiger charge is 2.26. The summed E-state index contributed by atoms with van der Waals surface area (Å²) in [6.07, 6.45) is 0.743. The second-order valence-corrected chi connectivity index (χ2v) is 7.87. The monoisotopic (exact) mass is 171 g/mol. The van der Waals surface area contributed by atoms with Crippen LogP contribution in [0.3, 0.4) is 0 Å². The van der Waals surface area contributed by atoms with Crippen molar-refractivity contribution in [3.63, 3.8) is 0 Å². The van der Waals surface area contributed by atoms with Crippen LogP contribution in [0.15, 0.2) is 0 Å². The van der Waals surface area contributed by atoms with Crippen molar-refractivity contribution in [3.05, 3.63) is 6.92 Å². The fraction of sp³-hybridized carbons (Fsp3) is 0.750. The third kappa shape index (κ3) is 3.72. The summed E-state index contributed by atoms with van der Waals surface area (Å²) in [6, 6.07) is 0.701. The van der Waals surface area contributed by atoms with Crippen LogP contribution in [0, 0.1) is 6.92 Å². The number of halogens is 2. The van der Waals surface area contributed by atoms with Crippen LogP contribution >= 0.6 is 22.2 Å². The van der Waals surface area contributed by atoms with Gasteiger partial charge >= 0.3 is 6.94 Å². The highest BCUT2D eigenvalue weighted by molar-refractivity contribution is 7.42. The third-order valence-electron chi connectivity index (χ3n) is 0.766. The first-order valence-corrected chi connectivity index (χ1v) is 6.48. The van der Waals surface area contributed by atoms with Crippen molar-refractivity contribution in [2.24, 2.45) is 0 Å². The van der Waals surface area contributed by atoms with E-state index in [2.05, 4.69) is 6.92 Å². The Balaban J connectivity index is 3.37. The molecule has 0 rings (SSSR count). The smallest absolute Gasteiger partial charge is 0.389 e. The molecule has 0 heterocycles. The Labute approximate surface area is 60.5 Å². The van der Waals surface area contributed by atoms with Gasteiger partial charge in [0.2, 0.25) is 0 Å². The molecular formula is C4H9Cl2OSi. The topological polar surface area (TPSA) is 9.23 Å². The first-order valence-electron chi connectivity index (χ1n) is 2.34. The molecule has 0 fully saturated rings. The van der Waals surface area contributed by atoms with E-state index in [1.165, 1.54) is 7.11 Å². The molecule has 0 saturated heterocycles. The van der Waals surface area contributed by atoms with Crippen molar-refractivity contribution in [1.82, 2.24) is 0 Å². The second-order valence-electron chi connectivity index (χ2n) is 1.45. The molecule has 0 spiro atoms. The molecule has 0 aliphatic rings. The molecule has 0 N–H and O–H groups in total. The standard InChI is InChI=1S/C4H9Cl2OSi/c1-3-4-8(5,6)7-2/h1,3-4H2,2H3. The van der Waals surface area contributed by atoms with Gasteiger partial charge in [0.05, 0.1) is 0 Å². The van der Waals surface area contributed by atoms with Crippen LogP contribution in [-0.4, -0.2) is 14.0 Å². The van der Waals surface area contributed by atoms with Crippen molar-refractivity contribution < 1.29 is 4.43 Å². The maximum Gasteiger partial charge on any atom is 0.389 e. The largest absolute Gasteiger partial charge is 0.396 e. The van der Waals surface area contributed by atoms with E-state index in [-0.39, 0.29) is 0 Å². The van der Waals surface area contributed by atoms with Crippen molar-refractivity contribution in [2.75, 3.05) is 7.11 Å². The molecule has 0 aromatic heterocycles. The molecule has 8 heavy (non-hydrogen) atoms. The van der Waals surface area contributed by atoms with Crippen LogP contribution in [0.5, 0.6) is 0 Å². The number of rotatable bonds is 3. The van der Waals surface area contributed by atoms with Gasteiger partial charge < -0.3 is 4.43 Å². The Bertz CT molecular complexity index is 67.1. The molecular weight excluding hydrogens is 163 g/mol. The van der Waals surface area contributed by atoms with Crippen LogP contribution < -0.4 is 0 Å². The molecule has 0 aromatic carbocycles. The van der Waals surface area contributed by atoms with E-state index in [1.807, 2.05) is 0 Å². The van der Waals surface area contributed by atoms with Crippen LogP contribution in [-0.2, 0) is 4.43 Å². The number of hydrogen-bond donors (Lipinski definition) is 0. The zero-order chi connectivity index (χ0) is 6.62. The van der Waals surface area contributed by atoms with Gasteiger partial charge in [-0.15, -0.1) is 22.2 Å². The first kappa shape index (κ1) is 8.76. The zero-order valence-corrected chi connectivity index (χ0v) is 7.30. The van der Waals surface area contributed by atoms with Crippen LogP contribution in [0.25, 0.3) is 0 Å². The summed E-state index contributed by atoms with van der Waals surface area (Å²) in [5.74, 6) is 0. The van der Waals surface area contributed by atoms with Crippen molar-refractivity contribution in [3.8, 4) is 0 Å². The molecule has 0 unspecified atom stereocenters. The summed E-state index contributed by atoms with van der Waals surface area (Å²) in [7, 11) is 1.53. The van der Waals surface area contributed by atoms with Gasteiger partial charge in [0.25, 0.3) is 0 Å². The SMILES string of the molecule is [CH2]CC[Si](Cl)(Cl)OC. The van der Waals surface area contributed by atoms with E-state index in [1.54, 1.807) is 0 Å². The molecule has 0 aliphatic carbocycles. The maximum absolute atomic E-state index is 5.66. The minimum atomic E-state index is -2.30. The highest BCUT2D eigenvalue weighted by atomic mass is 35.7. The minimum Gasteiger partial charge on any atom is -0.396 e. The molecule has 0 aromatic rings. The van der Waals surface area contributed by atoms with Crippen LogP contribution in [0.4, 0.5) is 0 Å². The Morgan fingerprint density at radius 3 is 2.25 bits per heavy atom. The lowest BCUT2D eigenvalue weighted by Crippen LogP contribution is -2.21. The Kier molecular flexibility index (Phi) is 4.07. The fourth-order valence-corrected chi connectivity index (χ4v) is 1.73. The third-order valence-corrected chi connectivity index (χ3v) is 4.36. The Morgan fingerprint density at radius 2 is 2.12 bits per heavy atom. The van der Waals surface area contributed by atoms with Gasteiger partial charge in [-0.3, -0.25) is 0 Å². The summed E-state index contributed by atoms with van der Waals surface area (Å²) < 4.78 is 4.81. The van der Waals surface area contributed by atoms with Crippen molar-refractivity contribution >= 4 is 29.1 Å². The molecule has 1 radical (unpaired) electrons. The second kappa shape index (κ2) is 3.72. The van der Waals surface area contributed by atoms with Gasteiger partial charge in [-0.1, -0.05) is 13.3 Å². The normalized spacial score (nSPS) is 12.0. The van der Waals surface area contributed by atoms with E-state index in [0.717, 1.165) is 6.42 Å². The van der Waals surface area contributed by atoms with E-state index < -0.39 is 6.94 Å². The lowest BCUT2D eigenvalue weighted by Gasteiger charge is -2.10. The van der Waals surface area contributed by atoms with Crippen LogP contribution in [0.2, 0.25) is 6.04 Å². The van der Waals surface area contributed by atoms with E-state index in [9.17, 15) is 0 Å². The van der Waals surface area contributed by atoms with Gasteiger partial charge in [-0.05, 0) is 6.04 Å². The fourth-order valence-electron chi connectivity index (χ4n) is 0.308. The van der Waals surface area contributed by atoms with Crippen molar-refractivity contribution in [1.29, 1.82) is 0 Å². The summed E-state index contributed by atoms with van der Waals surface area (Å²) in [5.41, 5.74) is 0. The average molecular weight is 172 g/mol. The van der Waals surface area contributed by atoms with Gasteiger partial charge in [0.15, 0.2) is 0 Å². The lowest BCUT2D eigenvalue weighted by atomic mass is 10.6. The highest BCUT2D eigenvalue weighted by Crippen LogP contribution is 2.21. The van der Waals surface area contributed by atoms with E-state index in [4.69, 9.17) is 26.6 Å². The average Bonchev–Trinajstić information content (AvgIpc) is 1.67. The summed E-state index contributed by atoms with van der Waals surface area (Å²) in [4.78, 5) is 0. The van der Waals surface area contributed by atoms with Crippen molar-refractivity contribution in [2.45, 2.75) is 12.5 Å². The molecule has 0 amide bonds. The van der Waals surface area contributed by atoms with Gasteiger partial charge in [-0.25, -0.2) is 0 Å². The van der Waals surface area contributed by atoms with Gasteiger partial charge in [0.1, 0.15) is 0 Å². The lowest BCUT2D eigenvalue weighted by molar-refractivity contribution is 0.427. The predicted octanol–water partition coefficient (Wildman–Crippen LogP) is 2.27. The molecule has 1 nitrogen and oxygen atoms in total. The first-order chi connectivity index (χ1) is 3.62. The molecule has 0 bridgehead atoms. The summed E-state index contributed by atoms with van der Waals surface area (Å²) in [6.45, 7) is 1.31. The van der Waals surface area contributed by atoms with Crippen LogP contribution in [0.1, 0.15) is 6.42 Å². The van der Waals surface area contributed by atoms with E-state index >= 15 is 0 Å². The van der Waals surface area contributed by atoms with Gasteiger partial charge in [0, 0.05) is 7.11 Å². The summed E-state index contributed by atoms with van der Waals surface area (Å²) >= 11 is 11.3. The number of hydrogen-bond acceptors (Lipinski definition) is 1. The molecule has 49 valence electrons. The maximum atomic E-state index is 5.66. The predicted molar refractivity (Wildman–Crippen MR) is 39.3 cm³/mol. The van der Waals surface area contributed by atoms with Gasteiger partial charge in [-0.2, -0.15) is 0 Å². The quantitative estimate of drug-likeness (QED) is 0.468. The Hall–Kier alpha value is 0.757. The molecule has 4 heteroatoms. The Morgan fingerprint density at radius 1 is 1.62 bits per heavy atom. The summed E-state index contributed by atoms with van der Waals surface area (Å²) in [5, 5.41) is 0.